The Morgan fingerprint density at radius 2 is 0.731 bits per heavy atom. The monoisotopic (exact) mass is 667 g/mol. The van der Waals surface area contributed by atoms with Gasteiger partial charge in [0, 0.05) is 46.1 Å². The molecule has 3 nitrogen and oxygen atoms in total. The van der Waals surface area contributed by atoms with Gasteiger partial charge in [0.25, 0.3) is 0 Å². The fourth-order valence-corrected chi connectivity index (χ4v) is 7.45. The molecule has 0 unspecified atom stereocenters. The van der Waals surface area contributed by atoms with Crippen LogP contribution in [0.3, 0.4) is 0 Å². The number of hydrogen-bond acceptors (Lipinski definition) is 2. The van der Waals surface area contributed by atoms with Crippen LogP contribution in [0.2, 0.25) is 0 Å². The highest BCUT2D eigenvalue weighted by atomic mass is 15.2. The van der Waals surface area contributed by atoms with E-state index in [2.05, 4.69) is 228 Å². The number of aryl methyl sites for hydroxylation is 1. The van der Waals surface area contributed by atoms with Crippen molar-refractivity contribution in [3.8, 4) is 22.3 Å². The van der Waals surface area contributed by atoms with Crippen LogP contribution in [0.4, 0.5) is 34.1 Å². The van der Waals surface area contributed by atoms with Crippen molar-refractivity contribution in [2.45, 2.75) is 0 Å². The molecule has 0 saturated heterocycles. The molecule has 0 bridgehead atoms. The second-order valence-corrected chi connectivity index (χ2v) is 13.1. The van der Waals surface area contributed by atoms with E-state index in [0.717, 1.165) is 39.6 Å². The minimum absolute atomic E-state index is 1.08. The molecule has 1 heterocycles. The van der Waals surface area contributed by atoms with Crippen LogP contribution in [0.25, 0.3) is 44.1 Å². The average molecular weight is 668 g/mol. The molecule has 0 fully saturated rings. The third-order valence-corrected chi connectivity index (χ3v) is 9.97. The van der Waals surface area contributed by atoms with Gasteiger partial charge in [0.15, 0.2) is 0 Å². The molecular weight excluding hydrogens is 631 g/mol. The van der Waals surface area contributed by atoms with Crippen LogP contribution in [0.5, 0.6) is 0 Å². The van der Waals surface area contributed by atoms with Gasteiger partial charge in [0.05, 0.1) is 16.9 Å². The van der Waals surface area contributed by atoms with Crippen LogP contribution in [-0.2, 0) is 7.05 Å². The van der Waals surface area contributed by atoms with Crippen LogP contribution in [0, 0.1) is 0 Å². The molecule has 9 rings (SSSR count). The number of benzene rings is 8. The van der Waals surface area contributed by atoms with Gasteiger partial charge in [-0.2, -0.15) is 0 Å². The number of fused-ring (bicyclic) bond motifs is 3. The van der Waals surface area contributed by atoms with E-state index in [0.29, 0.717) is 0 Å². The Morgan fingerprint density at radius 1 is 0.327 bits per heavy atom. The lowest BCUT2D eigenvalue weighted by atomic mass is 10.0. The van der Waals surface area contributed by atoms with Crippen molar-refractivity contribution >= 4 is 55.9 Å². The van der Waals surface area contributed by atoms with Gasteiger partial charge in [0.1, 0.15) is 0 Å². The highest BCUT2D eigenvalue weighted by molar-refractivity contribution is 6.17. The summed E-state index contributed by atoms with van der Waals surface area (Å²) < 4.78 is 2.33. The molecule has 9 aromatic rings. The first-order valence-corrected chi connectivity index (χ1v) is 17.8. The van der Waals surface area contributed by atoms with Crippen LogP contribution in [-0.4, -0.2) is 4.57 Å². The highest BCUT2D eigenvalue weighted by Crippen LogP contribution is 2.47. The molecule has 0 aliphatic carbocycles. The minimum Gasteiger partial charge on any atom is -0.343 e. The maximum Gasteiger partial charge on any atom is 0.0582 e. The molecule has 248 valence electrons. The zero-order chi connectivity index (χ0) is 34.9. The van der Waals surface area contributed by atoms with Gasteiger partial charge >= 0.3 is 0 Å². The molecular formula is C49H37N3. The van der Waals surface area contributed by atoms with Crippen molar-refractivity contribution in [1.82, 2.24) is 4.57 Å². The van der Waals surface area contributed by atoms with Gasteiger partial charge in [-0.25, -0.2) is 0 Å². The Labute approximate surface area is 304 Å². The molecule has 0 radical (unpaired) electrons. The highest BCUT2D eigenvalue weighted by Gasteiger charge is 2.23. The molecule has 8 aromatic carbocycles. The molecule has 0 N–H and O–H groups in total. The quantitative estimate of drug-likeness (QED) is 0.160. The van der Waals surface area contributed by atoms with Crippen molar-refractivity contribution in [3.05, 3.63) is 206 Å². The summed E-state index contributed by atoms with van der Waals surface area (Å²) in [6.45, 7) is 0. The van der Waals surface area contributed by atoms with Crippen molar-refractivity contribution in [2.24, 2.45) is 7.05 Å². The molecule has 0 saturated carbocycles. The second-order valence-electron chi connectivity index (χ2n) is 13.1. The molecule has 0 amide bonds. The third kappa shape index (κ3) is 5.69. The first-order chi connectivity index (χ1) is 25.7. The predicted octanol–water partition coefficient (Wildman–Crippen LogP) is 13.6. The van der Waals surface area contributed by atoms with Gasteiger partial charge in [0.2, 0.25) is 0 Å². The average Bonchev–Trinajstić information content (AvgIpc) is 3.51. The lowest BCUT2D eigenvalue weighted by molar-refractivity contribution is 1.01. The van der Waals surface area contributed by atoms with Crippen molar-refractivity contribution < 1.29 is 0 Å². The van der Waals surface area contributed by atoms with Gasteiger partial charge in [-0.1, -0.05) is 140 Å². The summed E-state index contributed by atoms with van der Waals surface area (Å²) in [5.41, 5.74) is 13.7. The summed E-state index contributed by atoms with van der Waals surface area (Å²) in [5, 5.41) is 2.44. The number of nitrogens with zero attached hydrogens (tertiary/aromatic N) is 3. The topological polar surface area (TPSA) is 11.4 Å². The number of rotatable bonds is 8. The summed E-state index contributed by atoms with van der Waals surface area (Å²) in [6, 6.07) is 73.9. The third-order valence-electron chi connectivity index (χ3n) is 9.97. The zero-order valence-electron chi connectivity index (χ0n) is 29.0. The van der Waals surface area contributed by atoms with E-state index in [1.807, 2.05) is 0 Å². The SMILES string of the molecule is Cn1c2ccccc2c2c(N(c3ccccc3)c3ccc(-c4ccccc4)cc3)cc(N(c3ccccc3)c3ccc(-c4ccccc4)cc3)cc21. The molecule has 0 aliphatic rings. The Hall–Kier alpha value is -6.84. The molecule has 0 spiro atoms. The number of para-hydroxylation sites is 3. The predicted molar refractivity (Wildman–Crippen MR) is 221 cm³/mol. The van der Waals surface area contributed by atoms with Gasteiger partial charge in [-0.05, 0) is 89.0 Å². The molecule has 0 atom stereocenters. The number of aromatic nitrogens is 1. The van der Waals surface area contributed by atoms with Crippen LogP contribution in [0.15, 0.2) is 206 Å². The fourth-order valence-electron chi connectivity index (χ4n) is 7.45. The van der Waals surface area contributed by atoms with Crippen LogP contribution in [0.1, 0.15) is 0 Å². The van der Waals surface area contributed by atoms with E-state index in [4.69, 9.17) is 0 Å². The fraction of sp³-hybridized carbons (Fsp3) is 0.0204. The van der Waals surface area contributed by atoms with Crippen molar-refractivity contribution in [2.75, 3.05) is 9.80 Å². The smallest absolute Gasteiger partial charge is 0.0582 e. The van der Waals surface area contributed by atoms with Crippen LogP contribution < -0.4 is 9.80 Å². The molecule has 0 aliphatic heterocycles. The summed E-state index contributed by atoms with van der Waals surface area (Å²) in [6.07, 6.45) is 0. The lowest BCUT2D eigenvalue weighted by Crippen LogP contribution is -2.14. The minimum atomic E-state index is 1.08. The number of anilines is 6. The Balaban J connectivity index is 1.29. The van der Waals surface area contributed by atoms with Crippen LogP contribution >= 0.6 is 0 Å². The van der Waals surface area contributed by atoms with Crippen molar-refractivity contribution in [3.63, 3.8) is 0 Å². The maximum atomic E-state index is 2.41. The first kappa shape index (κ1) is 31.2. The summed E-state index contributed by atoms with van der Waals surface area (Å²) in [7, 11) is 2.18. The van der Waals surface area contributed by atoms with Gasteiger partial charge in [-0.15, -0.1) is 0 Å². The largest absolute Gasteiger partial charge is 0.343 e. The van der Waals surface area contributed by atoms with E-state index >= 15 is 0 Å². The Bertz CT molecular complexity index is 2590. The summed E-state index contributed by atoms with van der Waals surface area (Å²) in [4.78, 5) is 4.78. The summed E-state index contributed by atoms with van der Waals surface area (Å²) >= 11 is 0. The molecule has 3 heteroatoms. The number of hydrogen-bond donors (Lipinski definition) is 0. The Morgan fingerprint density at radius 3 is 1.27 bits per heavy atom. The van der Waals surface area contributed by atoms with Crippen molar-refractivity contribution in [1.29, 1.82) is 0 Å². The lowest BCUT2D eigenvalue weighted by Gasteiger charge is -2.30. The van der Waals surface area contributed by atoms with E-state index in [9.17, 15) is 0 Å². The Kier molecular flexibility index (Phi) is 8.07. The maximum absolute atomic E-state index is 2.41. The normalized spacial score (nSPS) is 11.2. The first-order valence-electron chi connectivity index (χ1n) is 17.8. The van der Waals surface area contributed by atoms with E-state index < -0.39 is 0 Å². The zero-order valence-corrected chi connectivity index (χ0v) is 29.0. The van der Waals surface area contributed by atoms with Gasteiger partial charge in [-0.3, -0.25) is 0 Å². The second kappa shape index (κ2) is 13.5. The molecule has 1 aromatic heterocycles. The van der Waals surface area contributed by atoms with E-state index in [-0.39, 0.29) is 0 Å². The molecule has 52 heavy (non-hydrogen) atoms. The van der Waals surface area contributed by atoms with E-state index in [1.165, 1.54) is 38.5 Å². The van der Waals surface area contributed by atoms with Gasteiger partial charge < -0.3 is 14.4 Å². The van der Waals surface area contributed by atoms with E-state index in [1.54, 1.807) is 0 Å². The summed E-state index contributed by atoms with van der Waals surface area (Å²) in [5.74, 6) is 0. The standard InChI is InChI=1S/C49H37N3/c1-50-46-25-15-14-24-45(46)49-47(50)34-44(51(40-20-10-4-11-21-40)42-30-26-38(27-31-42)36-16-6-2-7-17-36)35-48(49)52(41-22-12-5-13-23-41)43-32-28-39(29-33-43)37-18-8-3-9-19-37/h2-35H,1H3.